The topological polar surface area (TPSA) is 169 Å². The second-order valence-corrected chi connectivity index (χ2v) is 14.3. The van der Waals surface area contributed by atoms with Crippen molar-refractivity contribution in [2.75, 3.05) is 19.6 Å². The first-order chi connectivity index (χ1) is 22.2. The Kier molecular flexibility index (Phi) is 11.6. The van der Waals surface area contributed by atoms with E-state index >= 15 is 0 Å². The number of hydrogen-bond acceptors (Lipinski definition) is 8. The molecule has 1 atom stereocenters. The van der Waals surface area contributed by atoms with Gasteiger partial charge in [-0.1, -0.05) is 53.7 Å². The zero-order chi connectivity index (χ0) is 34.2. The van der Waals surface area contributed by atoms with Crippen LogP contribution in [0.25, 0.3) is 10.8 Å². The summed E-state index contributed by atoms with van der Waals surface area (Å²) in [4.78, 5) is 43.5. The molecular weight excluding hydrogens is 622 g/mol. The summed E-state index contributed by atoms with van der Waals surface area (Å²) in [5.74, 6) is -0.713. The summed E-state index contributed by atoms with van der Waals surface area (Å²) in [5.41, 5.74) is 6.50. The van der Waals surface area contributed by atoms with Crippen LogP contribution < -0.4 is 15.8 Å². The van der Waals surface area contributed by atoms with E-state index in [2.05, 4.69) is 20.0 Å². The Labute approximate surface area is 275 Å². The van der Waals surface area contributed by atoms with Crippen molar-refractivity contribution in [2.24, 2.45) is 16.8 Å². The van der Waals surface area contributed by atoms with E-state index in [4.69, 9.17) is 10.5 Å². The lowest BCUT2D eigenvalue weighted by Crippen LogP contribution is -2.51. The molecule has 0 spiro atoms. The predicted octanol–water partition coefficient (Wildman–Crippen LogP) is 4.07. The number of piperidine rings is 1. The summed E-state index contributed by atoms with van der Waals surface area (Å²) in [6, 6.07) is 18.0. The molecule has 0 bridgehead atoms. The van der Waals surface area contributed by atoms with Crippen molar-refractivity contribution in [1.82, 2.24) is 14.9 Å². The Morgan fingerprint density at radius 1 is 1.00 bits per heavy atom. The minimum atomic E-state index is -4.10. The average Bonchev–Trinajstić information content (AvgIpc) is 3.02. The minimum absolute atomic E-state index is 0.0371. The number of amidine groups is 1. The molecule has 0 saturated carbocycles. The Morgan fingerprint density at radius 3 is 2.38 bits per heavy atom. The van der Waals surface area contributed by atoms with Crippen LogP contribution in [0.1, 0.15) is 58.1 Å². The number of ether oxygens (including phenoxy) is 1. The largest absolute Gasteiger partial charge is 0.444 e. The van der Waals surface area contributed by atoms with Crippen LogP contribution in [0.3, 0.4) is 0 Å². The fourth-order valence-corrected chi connectivity index (χ4v) is 6.61. The molecule has 13 heteroatoms. The molecule has 1 saturated heterocycles. The van der Waals surface area contributed by atoms with Gasteiger partial charge in [0.1, 0.15) is 11.6 Å². The number of carbonyl (C=O) groups is 3. The zero-order valence-corrected chi connectivity index (χ0v) is 28.0. The lowest BCUT2D eigenvalue weighted by Gasteiger charge is -2.34. The van der Waals surface area contributed by atoms with Crippen molar-refractivity contribution >= 4 is 44.6 Å². The SMILES string of the molecule is CC(=O)O/N=C(/N)c1cccc(C[C@H](NS(=O)(=O)c2ccc3ccccc3c2)C(=O)N2CCC(CCNC(=O)OC(C)(C)C)CC2)c1. The molecule has 1 aliphatic rings. The molecule has 1 aliphatic heterocycles. The van der Waals surface area contributed by atoms with E-state index in [1.165, 1.54) is 13.0 Å². The highest BCUT2D eigenvalue weighted by molar-refractivity contribution is 7.89. The van der Waals surface area contributed by atoms with Crippen LogP contribution in [0.4, 0.5) is 4.79 Å². The third-order valence-corrected chi connectivity index (χ3v) is 9.18. The number of nitrogens with zero attached hydrogens (tertiary/aromatic N) is 2. The van der Waals surface area contributed by atoms with E-state index in [1.54, 1.807) is 62.1 Å². The highest BCUT2D eigenvalue weighted by Gasteiger charge is 2.32. The van der Waals surface area contributed by atoms with Crippen LogP contribution >= 0.6 is 0 Å². The molecule has 12 nitrogen and oxygen atoms in total. The number of carbonyl (C=O) groups excluding carboxylic acids is 3. The van der Waals surface area contributed by atoms with Gasteiger partial charge in [-0.05, 0) is 86.9 Å². The summed E-state index contributed by atoms with van der Waals surface area (Å²) in [5, 5.41) is 8.07. The quantitative estimate of drug-likeness (QED) is 0.119. The maximum absolute atomic E-state index is 14.0. The van der Waals surface area contributed by atoms with Gasteiger partial charge in [0, 0.05) is 32.1 Å². The predicted molar refractivity (Wildman–Crippen MR) is 179 cm³/mol. The monoisotopic (exact) mass is 665 g/mol. The summed E-state index contributed by atoms with van der Waals surface area (Å²) in [6.45, 7) is 7.98. The summed E-state index contributed by atoms with van der Waals surface area (Å²) in [6.07, 6.45) is 1.74. The number of nitrogens with two attached hydrogens (primary N) is 1. The van der Waals surface area contributed by atoms with E-state index in [-0.39, 0.29) is 29.0 Å². The molecule has 0 aromatic heterocycles. The third kappa shape index (κ3) is 10.5. The number of fused-ring (bicyclic) bond motifs is 1. The van der Waals surface area contributed by atoms with Crippen LogP contribution in [-0.2, 0) is 35.6 Å². The standard InChI is InChI=1S/C34H43N5O7S/c1-23(40)46-37-31(35)28-11-7-8-25(20-28)21-30(38-47(43,44)29-13-12-26-9-5-6-10-27(26)22-29)32(41)39-18-15-24(16-19-39)14-17-36-33(42)45-34(2,3)4/h5-13,20,22,24,30,38H,14-19,21H2,1-4H3,(H2,35,37)(H,36,42)/t30-/m0/s1. The van der Waals surface area contributed by atoms with Crippen molar-refractivity contribution in [3.05, 3.63) is 77.9 Å². The molecule has 4 N–H and O–H groups in total. The Balaban J connectivity index is 1.49. The van der Waals surface area contributed by atoms with Crippen molar-refractivity contribution < 1.29 is 32.4 Å². The van der Waals surface area contributed by atoms with Crippen molar-refractivity contribution in [1.29, 1.82) is 0 Å². The van der Waals surface area contributed by atoms with Gasteiger partial charge in [0.15, 0.2) is 5.84 Å². The molecule has 0 radical (unpaired) electrons. The van der Waals surface area contributed by atoms with E-state index in [0.29, 0.717) is 43.6 Å². The number of oxime groups is 1. The van der Waals surface area contributed by atoms with Crippen LogP contribution in [0.15, 0.2) is 76.8 Å². The van der Waals surface area contributed by atoms with Gasteiger partial charge < -0.3 is 25.5 Å². The van der Waals surface area contributed by atoms with E-state index in [9.17, 15) is 22.8 Å². The number of amides is 2. The molecule has 47 heavy (non-hydrogen) atoms. The molecule has 252 valence electrons. The summed E-state index contributed by atoms with van der Waals surface area (Å²) < 4.78 is 35.3. The summed E-state index contributed by atoms with van der Waals surface area (Å²) >= 11 is 0. The number of sulfonamides is 1. The lowest BCUT2D eigenvalue weighted by atomic mass is 9.93. The first-order valence-electron chi connectivity index (χ1n) is 15.6. The number of benzene rings is 3. The lowest BCUT2D eigenvalue weighted by molar-refractivity contribution is -0.141. The second kappa shape index (κ2) is 15.4. The molecular formula is C34H43N5O7S. The minimum Gasteiger partial charge on any atom is -0.444 e. The molecule has 1 fully saturated rings. The van der Waals surface area contributed by atoms with Gasteiger partial charge in [-0.25, -0.2) is 18.0 Å². The third-order valence-electron chi connectivity index (χ3n) is 7.71. The average molecular weight is 666 g/mol. The van der Waals surface area contributed by atoms with Crippen molar-refractivity contribution in [3.63, 3.8) is 0 Å². The van der Waals surface area contributed by atoms with Crippen molar-refractivity contribution in [3.8, 4) is 0 Å². The van der Waals surface area contributed by atoms with Gasteiger partial charge in [-0.2, -0.15) is 4.72 Å². The van der Waals surface area contributed by atoms with Gasteiger partial charge in [0.25, 0.3) is 0 Å². The van der Waals surface area contributed by atoms with E-state index < -0.39 is 33.7 Å². The fourth-order valence-electron chi connectivity index (χ4n) is 5.38. The Bertz CT molecular complexity index is 1730. The second-order valence-electron chi connectivity index (χ2n) is 12.6. The maximum atomic E-state index is 14.0. The zero-order valence-electron chi connectivity index (χ0n) is 27.2. The van der Waals surface area contributed by atoms with Crippen molar-refractivity contribution in [2.45, 2.75) is 69.9 Å². The number of rotatable bonds is 11. The summed E-state index contributed by atoms with van der Waals surface area (Å²) in [7, 11) is -4.10. The smallest absolute Gasteiger partial charge is 0.407 e. The number of nitrogens with one attached hydrogen (secondary N) is 2. The van der Waals surface area contributed by atoms with Crippen LogP contribution in [-0.4, -0.2) is 68.4 Å². The molecule has 4 rings (SSSR count). The van der Waals surface area contributed by atoms with Gasteiger partial charge in [-0.15, -0.1) is 0 Å². The first kappa shape index (κ1) is 35.4. The maximum Gasteiger partial charge on any atom is 0.407 e. The van der Waals surface area contributed by atoms with Crippen LogP contribution in [0.5, 0.6) is 0 Å². The molecule has 3 aromatic carbocycles. The van der Waals surface area contributed by atoms with Gasteiger partial charge in [0.2, 0.25) is 15.9 Å². The van der Waals surface area contributed by atoms with Gasteiger partial charge in [0.05, 0.1) is 4.90 Å². The first-order valence-corrected chi connectivity index (χ1v) is 17.1. The highest BCUT2D eigenvalue weighted by atomic mass is 32.2. The molecule has 2 amide bonds. The highest BCUT2D eigenvalue weighted by Crippen LogP contribution is 2.23. The Hall–Kier alpha value is -4.49. The molecule has 1 heterocycles. The molecule has 3 aromatic rings. The van der Waals surface area contributed by atoms with E-state index in [0.717, 1.165) is 17.2 Å². The molecule has 0 unspecified atom stereocenters. The normalized spacial score (nSPS) is 15.2. The number of likely N-dealkylation sites (tertiary alicyclic amines) is 1. The van der Waals surface area contributed by atoms with Crippen LogP contribution in [0, 0.1) is 5.92 Å². The fraction of sp³-hybridized carbons (Fsp3) is 0.412. The van der Waals surface area contributed by atoms with Crippen LogP contribution in [0.2, 0.25) is 0 Å². The van der Waals surface area contributed by atoms with Gasteiger partial charge >= 0.3 is 12.1 Å². The number of alkyl carbamates (subject to hydrolysis) is 1. The van der Waals surface area contributed by atoms with E-state index in [1.807, 2.05) is 24.3 Å². The molecule has 0 aliphatic carbocycles. The Morgan fingerprint density at radius 2 is 1.70 bits per heavy atom. The number of hydrogen-bond donors (Lipinski definition) is 3. The van der Waals surface area contributed by atoms with Gasteiger partial charge in [-0.3, -0.25) is 4.79 Å².